The van der Waals surface area contributed by atoms with Crippen LogP contribution in [0.15, 0.2) is 0 Å². The quantitative estimate of drug-likeness (QED) is 0.705. The second-order valence-corrected chi connectivity index (χ2v) is 5.11. The van der Waals surface area contributed by atoms with Crippen molar-refractivity contribution in [2.75, 3.05) is 39.4 Å². The van der Waals surface area contributed by atoms with Crippen molar-refractivity contribution in [3.63, 3.8) is 0 Å². The number of carbonyl (C=O) groups excluding carboxylic acids is 1. The Bertz CT molecular complexity index is 344. The number of aliphatic carboxylic acids is 1. The van der Waals surface area contributed by atoms with Gasteiger partial charge in [0.15, 0.2) is 6.10 Å². The monoisotopic (exact) mass is 286 g/mol. The maximum absolute atomic E-state index is 12.0. The number of carbonyl (C=O) groups is 2. The molecule has 2 heterocycles. The summed E-state index contributed by atoms with van der Waals surface area (Å²) in [7, 11) is 0. The molecule has 2 aliphatic rings. The predicted octanol–water partition coefficient (Wildman–Crippen LogP) is -0.543. The lowest BCUT2D eigenvalue weighted by atomic mass is 10.1. The molecule has 1 amide bonds. The molecule has 0 aromatic heterocycles. The zero-order valence-corrected chi connectivity index (χ0v) is 11.5. The summed E-state index contributed by atoms with van der Waals surface area (Å²) >= 11 is 0. The second-order valence-electron chi connectivity index (χ2n) is 5.11. The molecule has 7 nitrogen and oxygen atoms in total. The van der Waals surface area contributed by atoms with Gasteiger partial charge in [-0.1, -0.05) is 0 Å². The lowest BCUT2D eigenvalue weighted by Crippen LogP contribution is -2.48. The number of amides is 1. The molecule has 0 radical (unpaired) electrons. The molecule has 2 aliphatic heterocycles. The topological polar surface area (TPSA) is 88.1 Å². The van der Waals surface area contributed by atoms with Crippen molar-refractivity contribution in [1.82, 2.24) is 10.2 Å². The van der Waals surface area contributed by atoms with Gasteiger partial charge in [-0.25, -0.2) is 4.79 Å². The van der Waals surface area contributed by atoms with Crippen LogP contribution in [0.4, 0.5) is 0 Å². The lowest BCUT2D eigenvalue weighted by Gasteiger charge is -2.31. The number of carboxylic acid groups (broad SMARTS) is 1. The first-order valence-corrected chi connectivity index (χ1v) is 7.11. The Morgan fingerprint density at radius 3 is 2.80 bits per heavy atom. The van der Waals surface area contributed by atoms with Crippen molar-refractivity contribution >= 4 is 11.9 Å². The number of morpholine rings is 1. The summed E-state index contributed by atoms with van der Waals surface area (Å²) < 4.78 is 10.8. The van der Waals surface area contributed by atoms with E-state index in [0.29, 0.717) is 19.6 Å². The highest BCUT2D eigenvalue weighted by molar-refractivity contribution is 5.78. The van der Waals surface area contributed by atoms with E-state index in [2.05, 4.69) is 5.32 Å². The molecular formula is C13H22N2O5. The van der Waals surface area contributed by atoms with Gasteiger partial charge in [0.25, 0.3) is 0 Å². The van der Waals surface area contributed by atoms with Crippen LogP contribution in [-0.4, -0.2) is 73.5 Å². The predicted molar refractivity (Wildman–Crippen MR) is 70.4 cm³/mol. The third-order valence-corrected chi connectivity index (χ3v) is 3.65. The van der Waals surface area contributed by atoms with Gasteiger partial charge in [0, 0.05) is 6.54 Å². The van der Waals surface area contributed by atoms with Crippen LogP contribution in [0.3, 0.4) is 0 Å². The Labute approximate surface area is 118 Å². The molecule has 7 heteroatoms. The van der Waals surface area contributed by atoms with Gasteiger partial charge in [0.05, 0.1) is 32.3 Å². The van der Waals surface area contributed by atoms with Crippen LogP contribution in [0.1, 0.15) is 19.3 Å². The van der Waals surface area contributed by atoms with E-state index >= 15 is 0 Å². The minimum atomic E-state index is -1.02. The molecule has 0 aromatic rings. The molecule has 1 unspecified atom stereocenters. The zero-order valence-electron chi connectivity index (χ0n) is 11.5. The second kappa shape index (κ2) is 7.56. The molecular weight excluding hydrogens is 264 g/mol. The standard InChI is InChI=1S/C13H22N2O5/c16-12(3-7-19-10-1-4-14-5-2-10)15-6-8-20-11(9-15)13(17)18/h10-11,14H,1-9H2,(H,17,18). The van der Waals surface area contributed by atoms with Crippen LogP contribution in [0.5, 0.6) is 0 Å². The fourth-order valence-corrected chi connectivity index (χ4v) is 2.46. The lowest BCUT2D eigenvalue weighted by molar-refractivity contribution is -0.159. The first-order chi connectivity index (χ1) is 9.66. The van der Waals surface area contributed by atoms with Gasteiger partial charge in [0.2, 0.25) is 5.91 Å². The molecule has 0 bridgehead atoms. The van der Waals surface area contributed by atoms with Crippen LogP contribution >= 0.6 is 0 Å². The van der Waals surface area contributed by atoms with E-state index in [0.717, 1.165) is 25.9 Å². The van der Waals surface area contributed by atoms with Crippen molar-refractivity contribution < 1.29 is 24.2 Å². The molecule has 2 saturated heterocycles. The summed E-state index contributed by atoms with van der Waals surface area (Å²) in [6, 6.07) is 0. The van der Waals surface area contributed by atoms with E-state index < -0.39 is 12.1 Å². The zero-order chi connectivity index (χ0) is 14.4. The Balaban J connectivity index is 1.67. The molecule has 2 N–H and O–H groups in total. The number of carboxylic acids is 1. The van der Waals surface area contributed by atoms with Crippen molar-refractivity contribution in [3.8, 4) is 0 Å². The van der Waals surface area contributed by atoms with Gasteiger partial charge in [-0.15, -0.1) is 0 Å². The number of piperidine rings is 1. The van der Waals surface area contributed by atoms with Crippen molar-refractivity contribution in [3.05, 3.63) is 0 Å². The molecule has 20 heavy (non-hydrogen) atoms. The Kier molecular flexibility index (Phi) is 5.75. The molecule has 2 rings (SSSR count). The molecule has 1 atom stereocenters. The fraction of sp³-hybridized carbons (Fsp3) is 0.846. The maximum atomic E-state index is 12.0. The van der Waals surface area contributed by atoms with E-state index in [-0.39, 0.29) is 25.2 Å². The summed E-state index contributed by atoms with van der Waals surface area (Å²) in [5.74, 6) is -1.08. The number of hydrogen-bond acceptors (Lipinski definition) is 5. The first-order valence-electron chi connectivity index (χ1n) is 7.11. The molecule has 114 valence electrons. The van der Waals surface area contributed by atoms with Crippen LogP contribution in [0, 0.1) is 0 Å². The van der Waals surface area contributed by atoms with Gasteiger partial charge < -0.3 is 24.8 Å². The summed E-state index contributed by atoms with van der Waals surface area (Å²) in [4.78, 5) is 24.4. The van der Waals surface area contributed by atoms with E-state index in [1.54, 1.807) is 4.90 Å². The number of nitrogens with zero attached hydrogens (tertiary/aromatic N) is 1. The van der Waals surface area contributed by atoms with Gasteiger partial charge in [-0.3, -0.25) is 4.79 Å². The highest BCUT2D eigenvalue weighted by Crippen LogP contribution is 2.10. The summed E-state index contributed by atoms with van der Waals surface area (Å²) in [6.45, 7) is 3.18. The van der Waals surface area contributed by atoms with Gasteiger partial charge in [-0.2, -0.15) is 0 Å². The van der Waals surface area contributed by atoms with Gasteiger partial charge >= 0.3 is 5.97 Å². The van der Waals surface area contributed by atoms with Crippen molar-refractivity contribution in [2.45, 2.75) is 31.5 Å². The largest absolute Gasteiger partial charge is 0.479 e. The SMILES string of the molecule is O=C(O)C1CN(C(=O)CCOC2CCNCC2)CCO1. The molecule has 2 fully saturated rings. The average Bonchev–Trinajstić information content (AvgIpc) is 2.48. The van der Waals surface area contributed by atoms with Crippen LogP contribution in [0.2, 0.25) is 0 Å². The Morgan fingerprint density at radius 2 is 2.10 bits per heavy atom. The van der Waals surface area contributed by atoms with E-state index in [1.165, 1.54) is 0 Å². The fourth-order valence-electron chi connectivity index (χ4n) is 2.46. The van der Waals surface area contributed by atoms with Crippen LogP contribution < -0.4 is 5.32 Å². The minimum absolute atomic E-state index is 0.0616. The summed E-state index contributed by atoms with van der Waals surface area (Å²) in [6.07, 6.45) is 1.59. The summed E-state index contributed by atoms with van der Waals surface area (Å²) in [5.41, 5.74) is 0. The van der Waals surface area contributed by atoms with Crippen LogP contribution in [0.25, 0.3) is 0 Å². The van der Waals surface area contributed by atoms with E-state index in [1.807, 2.05) is 0 Å². The maximum Gasteiger partial charge on any atom is 0.334 e. The van der Waals surface area contributed by atoms with Gasteiger partial charge in [-0.05, 0) is 25.9 Å². The number of nitrogens with one attached hydrogen (secondary N) is 1. The highest BCUT2D eigenvalue weighted by atomic mass is 16.5. The normalized spacial score (nSPS) is 24.6. The van der Waals surface area contributed by atoms with E-state index in [4.69, 9.17) is 14.6 Å². The number of rotatable bonds is 5. The van der Waals surface area contributed by atoms with Crippen molar-refractivity contribution in [1.29, 1.82) is 0 Å². The Hall–Kier alpha value is -1.18. The van der Waals surface area contributed by atoms with Crippen LogP contribution in [-0.2, 0) is 19.1 Å². The third-order valence-electron chi connectivity index (χ3n) is 3.65. The smallest absolute Gasteiger partial charge is 0.334 e. The molecule has 0 saturated carbocycles. The average molecular weight is 286 g/mol. The molecule has 0 aromatic carbocycles. The van der Waals surface area contributed by atoms with Gasteiger partial charge in [0.1, 0.15) is 0 Å². The minimum Gasteiger partial charge on any atom is -0.479 e. The molecule has 0 aliphatic carbocycles. The van der Waals surface area contributed by atoms with Crippen molar-refractivity contribution in [2.24, 2.45) is 0 Å². The number of hydrogen-bond donors (Lipinski definition) is 2. The highest BCUT2D eigenvalue weighted by Gasteiger charge is 2.28. The number of ether oxygens (including phenoxy) is 2. The third kappa shape index (κ3) is 4.43. The van der Waals surface area contributed by atoms with E-state index in [9.17, 15) is 9.59 Å². The first kappa shape index (κ1) is 15.2. The summed E-state index contributed by atoms with van der Waals surface area (Å²) in [5, 5.41) is 12.1. The Morgan fingerprint density at radius 1 is 1.35 bits per heavy atom. The molecule has 0 spiro atoms.